The maximum Gasteiger partial charge on any atom is 0.171 e. The Balaban J connectivity index is 0.000000181. The van der Waals surface area contributed by atoms with Crippen LogP contribution in [0.5, 0.6) is 0 Å². The fourth-order valence-electron chi connectivity index (χ4n) is 6.68. The van der Waals surface area contributed by atoms with Crippen LogP contribution in [0.3, 0.4) is 0 Å². The predicted molar refractivity (Wildman–Crippen MR) is 189 cm³/mol. The third-order valence-corrected chi connectivity index (χ3v) is 11.6. The summed E-state index contributed by atoms with van der Waals surface area (Å²) in [4.78, 5) is 26.6. The largest absolute Gasteiger partial charge is 0.316 e. The van der Waals surface area contributed by atoms with E-state index in [0.29, 0.717) is 11.1 Å². The van der Waals surface area contributed by atoms with Gasteiger partial charge in [0, 0.05) is 66.0 Å². The zero-order valence-corrected chi connectivity index (χ0v) is 29.7. The molecule has 2 aromatic carbocycles. The Morgan fingerprint density at radius 2 is 1.09 bits per heavy atom. The summed E-state index contributed by atoms with van der Waals surface area (Å²) in [5.41, 5.74) is 1.13. The van der Waals surface area contributed by atoms with Crippen LogP contribution in [-0.2, 0) is 0 Å². The molecule has 4 aromatic rings. The lowest BCUT2D eigenvalue weighted by Gasteiger charge is -2.30. The summed E-state index contributed by atoms with van der Waals surface area (Å²) < 4.78 is 29.2. The first-order chi connectivity index (χ1) is 21.6. The number of halogens is 2. The number of carbonyl (C=O) groups excluding carboxylic acids is 2. The Morgan fingerprint density at radius 1 is 0.696 bits per heavy atom. The van der Waals surface area contributed by atoms with Gasteiger partial charge in [0.05, 0.1) is 0 Å². The molecule has 248 valence electrons. The smallest absolute Gasteiger partial charge is 0.171 e. The van der Waals surface area contributed by atoms with E-state index >= 15 is 0 Å². The lowest BCUT2D eigenvalue weighted by Crippen LogP contribution is -2.34. The van der Waals surface area contributed by atoms with Crippen molar-refractivity contribution in [3.63, 3.8) is 0 Å². The summed E-state index contributed by atoms with van der Waals surface area (Å²) in [5.74, 6) is -0.191. The zero-order valence-electron chi connectivity index (χ0n) is 28.1. The Labute approximate surface area is 280 Å². The van der Waals surface area contributed by atoms with E-state index in [9.17, 15) is 18.4 Å². The van der Waals surface area contributed by atoms with Crippen LogP contribution < -0.4 is 10.6 Å². The number of hydrogen-bond acceptors (Lipinski definition) is 6. The third kappa shape index (κ3) is 7.78. The van der Waals surface area contributed by atoms with Crippen LogP contribution in [0.4, 0.5) is 8.78 Å². The molecule has 6 rings (SSSR count). The molecule has 0 amide bonds. The molecule has 0 bridgehead atoms. The Kier molecular flexibility index (Phi) is 10.2. The molecule has 0 saturated carbocycles. The summed E-state index contributed by atoms with van der Waals surface area (Å²) in [5, 5.41) is 12.1. The van der Waals surface area contributed by atoms with Crippen molar-refractivity contribution in [2.24, 2.45) is 21.7 Å². The standard InChI is InChI=1S/2C19H24FNOS/c2*1-18(2,3)6-7-19(8-9-21-12-19)17(22)15-11-23-16-5-4-13(20)10-14(15)16/h2*4-5,10-11,21H,6-9,12H2,1-3H3. The first kappa shape index (κ1) is 34.8. The number of hydrogen-bond donors (Lipinski definition) is 2. The van der Waals surface area contributed by atoms with E-state index in [4.69, 9.17) is 0 Å². The Bertz CT molecular complexity index is 1570. The molecule has 0 radical (unpaired) electrons. The number of nitrogens with one attached hydrogen (secondary N) is 2. The number of ketones is 2. The molecule has 46 heavy (non-hydrogen) atoms. The van der Waals surface area contributed by atoms with Gasteiger partial charge >= 0.3 is 0 Å². The molecule has 2 saturated heterocycles. The number of fused-ring (bicyclic) bond motifs is 2. The van der Waals surface area contributed by atoms with E-state index in [2.05, 4.69) is 52.2 Å². The highest BCUT2D eigenvalue weighted by atomic mass is 32.1. The monoisotopic (exact) mass is 666 g/mol. The highest BCUT2D eigenvalue weighted by Crippen LogP contribution is 2.42. The topological polar surface area (TPSA) is 58.2 Å². The van der Waals surface area contributed by atoms with E-state index in [0.717, 1.165) is 84.9 Å². The number of benzene rings is 2. The summed E-state index contributed by atoms with van der Waals surface area (Å²) in [6, 6.07) is 9.44. The second-order valence-electron chi connectivity index (χ2n) is 15.8. The first-order valence-electron chi connectivity index (χ1n) is 16.5. The van der Waals surface area contributed by atoms with Gasteiger partial charge in [0.25, 0.3) is 0 Å². The second kappa shape index (κ2) is 13.5. The van der Waals surface area contributed by atoms with Gasteiger partial charge in [-0.15, -0.1) is 22.7 Å². The minimum atomic E-state index is -0.340. The molecule has 2 aromatic heterocycles. The van der Waals surface area contributed by atoms with Crippen LogP contribution in [0.1, 0.15) is 101 Å². The average Bonchev–Trinajstić information content (AvgIpc) is 3.80. The lowest BCUT2D eigenvalue weighted by atomic mass is 9.72. The summed E-state index contributed by atoms with van der Waals surface area (Å²) in [6.45, 7) is 16.5. The molecule has 2 unspecified atom stereocenters. The maximum atomic E-state index is 13.6. The normalized spacial score (nSPS) is 21.9. The molecular formula is C38H48F2N2O2S2. The second-order valence-corrected chi connectivity index (χ2v) is 17.6. The Morgan fingerprint density at radius 3 is 1.41 bits per heavy atom. The van der Waals surface area contributed by atoms with E-state index < -0.39 is 0 Å². The van der Waals surface area contributed by atoms with Gasteiger partial charge in [-0.25, -0.2) is 8.78 Å². The number of carbonyl (C=O) groups is 2. The zero-order chi connectivity index (χ0) is 33.3. The minimum absolute atomic E-state index is 0.184. The van der Waals surface area contributed by atoms with Gasteiger partial charge in [-0.05, 0) is 98.8 Å². The molecule has 2 aliphatic rings. The first-order valence-corrected chi connectivity index (χ1v) is 18.2. The molecule has 8 heteroatoms. The third-order valence-electron chi connectivity index (χ3n) is 9.72. The predicted octanol–water partition coefficient (Wildman–Crippen LogP) is 10.1. The summed E-state index contributed by atoms with van der Waals surface area (Å²) in [7, 11) is 0. The van der Waals surface area contributed by atoms with E-state index in [1.807, 2.05) is 10.8 Å². The van der Waals surface area contributed by atoms with Gasteiger partial charge in [-0.1, -0.05) is 41.5 Å². The molecular weight excluding hydrogens is 619 g/mol. The van der Waals surface area contributed by atoms with Crippen LogP contribution in [0.2, 0.25) is 0 Å². The van der Waals surface area contributed by atoms with Crippen molar-refractivity contribution in [2.75, 3.05) is 26.2 Å². The molecule has 2 N–H and O–H groups in total. The van der Waals surface area contributed by atoms with Crippen molar-refractivity contribution in [3.05, 3.63) is 69.9 Å². The molecule has 2 aliphatic heterocycles. The highest BCUT2D eigenvalue weighted by Gasteiger charge is 2.43. The molecule has 2 atom stereocenters. The van der Waals surface area contributed by atoms with Crippen molar-refractivity contribution in [2.45, 2.75) is 80.1 Å². The minimum Gasteiger partial charge on any atom is -0.316 e. The van der Waals surface area contributed by atoms with Crippen molar-refractivity contribution in [3.8, 4) is 0 Å². The summed E-state index contributed by atoms with van der Waals surface area (Å²) >= 11 is 3.05. The lowest BCUT2D eigenvalue weighted by molar-refractivity contribution is 0.0779. The van der Waals surface area contributed by atoms with Gasteiger partial charge in [0.15, 0.2) is 11.6 Å². The van der Waals surface area contributed by atoms with E-state index in [1.54, 1.807) is 12.1 Å². The molecule has 0 spiro atoms. The van der Waals surface area contributed by atoms with Gasteiger partial charge < -0.3 is 10.6 Å². The van der Waals surface area contributed by atoms with Gasteiger partial charge in [-0.2, -0.15) is 0 Å². The van der Waals surface area contributed by atoms with Gasteiger partial charge in [0.1, 0.15) is 11.6 Å². The van der Waals surface area contributed by atoms with E-state index in [1.165, 1.54) is 46.9 Å². The highest BCUT2D eigenvalue weighted by molar-refractivity contribution is 7.18. The average molecular weight is 667 g/mol. The van der Waals surface area contributed by atoms with Crippen molar-refractivity contribution >= 4 is 54.4 Å². The van der Waals surface area contributed by atoms with Gasteiger partial charge in [0.2, 0.25) is 0 Å². The fraction of sp³-hybridized carbons (Fsp3) is 0.526. The molecule has 4 nitrogen and oxygen atoms in total. The van der Waals surface area contributed by atoms with Crippen LogP contribution in [0.15, 0.2) is 47.2 Å². The Hall–Kier alpha value is -2.52. The van der Waals surface area contributed by atoms with Crippen LogP contribution in [-0.4, -0.2) is 37.7 Å². The molecule has 0 aliphatic carbocycles. The molecule has 2 fully saturated rings. The van der Waals surface area contributed by atoms with Crippen molar-refractivity contribution in [1.82, 2.24) is 10.6 Å². The van der Waals surface area contributed by atoms with E-state index in [-0.39, 0.29) is 44.9 Å². The maximum absolute atomic E-state index is 13.6. The summed E-state index contributed by atoms with van der Waals surface area (Å²) in [6.07, 6.45) is 5.53. The van der Waals surface area contributed by atoms with Crippen LogP contribution >= 0.6 is 22.7 Å². The number of rotatable bonds is 8. The van der Waals surface area contributed by atoms with Gasteiger partial charge in [-0.3, -0.25) is 9.59 Å². The molecule has 4 heterocycles. The fourth-order valence-corrected chi connectivity index (χ4v) is 8.53. The SMILES string of the molecule is CC(C)(C)CCC1(C(=O)c2csc3ccc(F)cc23)CCNC1.CC(C)(C)CCC1(C(=O)c2csc3ccc(F)cc23)CCNC1. The number of Topliss-reactive ketones (excluding diaryl/α,β-unsaturated/α-hetero) is 2. The quantitative estimate of drug-likeness (QED) is 0.184. The van der Waals surface area contributed by atoms with Crippen LogP contribution in [0.25, 0.3) is 20.2 Å². The number of thiophene rings is 2. The van der Waals surface area contributed by atoms with Crippen molar-refractivity contribution in [1.29, 1.82) is 0 Å². The van der Waals surface area contributed by atoms with Crippen molar-refractivity contribution < 1.29 is 18.4 Å². The van der Waals surface area contributed by atoms with Crippen LogP contribution in [0, 0.1) is 33.3 Å².